The average Bonchev–Trinajstić information content (AvgIpc) is 3.42. The number of esters is 1. The van der Waals surface area contributed by atoms with Crippen LogP contribution in [0.1, 0.15) is 63.5 Å². The van der Waals surface area contributed by atoms with E-state index in [2.05, 4.69) is 18.4 Å². The molecule has 1 fully saturated rings. The van der Waals surface area contributed by atoms with Crippen LogP contribution in [0.4, 0.5) is 5.82 Å². The van der Waals surface area contributed by atoms with Gasteiger partial charge in [-0.25, -0.2) is 9.78 Å². The van der Waals surface area contributed by atoms with Gasteiger partial charge in [0.25, 0.3) is 0 Å². The van der Waals surface area contributed by atoms with Crippen LogP contribution in [0.25, 0.3) is 28.0 Å². The molecule has 2 aromatic carbocycles. The lowest BCUT2D eigenvalue weighted by Gasteiger charge is -2.41. The molecule has 1 aliphatic rings. The number of rotatable bonds is 9. The number of anilines is 1. The summed E-state index contributed by atoms with van der Waals surface area (Å²) >= 11 is 0. The van der Waals surface area contributed by atoms with Gasteiger partial charge < -0.3 is 24.2 Å². The maximum absolute atomic E-state index is 13.3. The van der Waals surface area contributed by atoms with E-state index in [-0.39, 0.29) is 11.4 Å². The number of piperidine rings is 1. The van der Waals surface area contributed by atoms with Gasteiger partial charge in [0.15, 0.2) is 11.8 Å². The summed E-state index contributed by atoms with van der Waals surface area (Å²) in [5, 5.41) is 15.7. The SMILES string of the molecule is C=CCOC1(C)CCN(c2c([C@H](OC(C)(C)C)C(=O)OC)c(C)nc3cc(-c4cccc(-c5c(C)cccc5O)c4)nn23)CC1. The zero-order valence-electron chi connectivity index (χ0n) is 27.4. The number of phenols is 1. The van der Waals surface area contributed by atoms with Crippen molar-refractivity contribution >= 4 is 17.4 Å². The molecule has 1 aliphatic heterocycles. The van der Waals surface area contributed by atoms with Crippen molar-refractivity contribution in [1.82, 2.24) is 14.6 Å². The number of methoxy groups -OCH3 is 1. The standard InChI is InChI=1S/C36H44N4O5/c1-9-20-44-36(7)16-18-39(19-17-36)33-31(32(34(42)43-8)45-35(4,5)6)24(3)37-29-22-27(38-40(29)33)25-13-11-14-26(21-25)30-23(2)12-10-15-28(30)41/h9-15,21-22,32,41H,1,16-20H2,2-8H3/t32-/m0/s1. The average molecular weight is 613 g/mol. The van der Waals surface area contributed by atoms with Crippen LogP contribution < -0.4 is 4.90 Å². The monoisotopic (exact) mass is 612 g/mol. The number of ether oxygens (including phenoxy) is 3. The summed E-state index contributed by atoms with van der Waals surface area (Å²) in [6.45, 7) is 17.4. The van der Waals surface area contributed by atoms with Gasteiger partial charge in [0, 0.05) is 36.0 Å². The zero-order chi connectivity index (χ0) is 32.5. The number of hydrogen-bond donors (Lipinski definition) is 1. The van der Waals surface area contributed by atoms with Gasteiger partial charge in [0.1, 0.15) is 11.6 Å². The minimum Gasteiger partial charge on any atom is -0.507 e. The summed E-state index contributed by atoms with van der Waals surface area (Å²) in [5.74, 6) is 0.486. The molecule has 45 heavy (non-hydrogen) atoms. The van der Waals surface area contributed by atoms with Crippen LogP contribution in [0, 0.1) is 13.8 Å². The Hall–Kier alpha value is -4.21. The van der Waals surface area contributed by atoms with Crippen molar-refractivity contribution in [1.29, 1.82) is 0 Å². The van der Waals surface area contributed by atoms with Crippen LogP contribution in [-0.4, -0.2) is 63.7 Å². The Kier molecular flexibility index (Phi) is 9.05. The molecule has 0 unspecified atom stereocenters. The van der Waals surface area contributed by atoms with Gasteiger partial charge in [-0.3, -0.25) is 0 Å². The predicted octanol–water partition coefficient (Wildman–Crippen LogP) is 6.98. The Morgan fingerprint density at radius 1 is 1.11 bits per heavy atom. The first kappa shape index (κ1) is 32.2. The van der Waals surface area contributed by atoms with Crippen LogP contribution in [0.5, 0.6) is 5.75 Å². The molecule has 1 saturated heterocycles. The van der Waals surface area contributed by atoms with Crippen molar-refractivity contribution in [3.63, 3.8) is 0 Å². The molecule has 2 aromatic heterocycles. The van der Waals surface area contributed by atoms with Gasteiger partial charge >= 0.3 is 5.97 Å². The topological polar surface area (TPSA) is 98.4 Å². The smallest absolute Gasteiger partial charge is 0.339 e. The second-order valence-electron chi connectivity index (χ2n) is 13.0. The highest BCUT2D eigenvalue weighted by molar-refractivity contribution is 5.81. The fourth-order valence-electron chi connectivity index (χ4n) is 6.01. The highest BCUT2D eigenvalue weighted by Gasteiger charge is 2.38. The third-order valence-corrected chi connectivity index (χ3v) is 8.32. The normalized spacial score (nSPS) is 15.7. The van der Waals surface area contributed by atoms with Gasteiger partial charge in [-0.2, -0.15) is 9.61 Å². The summed E-state index contributed by atoms with van der Waals surface area (Å²) in [7, 11) is 1.37. The molecule has 9 nitrogen and oxygen atoms in total. The summed E-state index contributed by atoms with van der Waals surface area (Å²) in [4.78, 5) is 20.5. The van der Waals surface area contributed by atoms with Crippen molar-refractivity contribution in [3.05, 3.63) is 78.0 Å². The second-order valence-corrected chi connectivity index (χ2v) is 13.0. The number of fused-ring (bicyclic) bond motifs is 1. The number of benzene rings is 2. The molecule has 0 aliphatic carbocycles. The van der Waals surface area contributed by atoms with Gasteiger partial charge in [-0.1, -0.05) is 36.4 Å². The van der Waals surface area contributed by atoms with Crippen molar-refractivity contribution < 1.29 is 24.1 Å². The van der Waals surface area contributed by atoms with Crippen molar-refractivity contribution in [2.45, 2.75) is 71.7 Å². The van der Waals surface area contributed by atoms with Crippen molar-refractivity contribution in [2.75, 3.05) is 31.7 Å². The number of carbonyl (C=O) groups is 1. The van der Waals surface area contributed by atoms with Crippen LogP contribution in [0.2, 0.25) is 0 Å². The van der Waals surface area contributed by atoms with Crippen LogP contribution in [0.15, 0.2) is 61.2 Å². The van der Waals surface area contributed by atoms with Crippen molar-refractivity contribution in [2.24, 2.45) is 0 Å². The third-order valence-electron chi connectivity index (χ3n) is 8.32. The summed E-state index contributed by atoms with van der Waals surface area (Å²) < 4.78 is 19.6. The fraction of sp³-hybridized carbons (Fsp3) is 0.417. The molecule has 9 heteroatoms. The Morgan fingerprint density at radius 2 is 1.80 bits per heavy atom. The molecule has 0 spiro atoms. The Morgan fingerprint density at radius 3 is 2.44 bits per heavy atom. The molecule has 4 aromatic rings. The number of phenolic OH excluding ortho intramolecular Hbond substituents is 1. The number of aromatic hydroxyl groups is 1. The number of carbonyl (C=O) groups excluding carboxylic acids is 1. The number of hydrogen-bond acceptors (Lipinski definition) is 8. The molecule has 238 valence electrons. The maximum Gasteiger partial charge on any atom is 0.339 e. The van der Waals surface area contributed by atoms with Gasteiger partial charge in [0.05, 0.1) is 36.2 Å². The molecule has 0 radical (unpaired) electrons. The van der Waals surface area contributed by atoms with E-state index in [4.69, 9.17) is 24.3 Å². The lowest BCUT2D eigenvalue weighted by Crippen LogP contribution is -2.45. The first-order chi connectivity index (χ1) is 21.3. The molecule has 0 amide bonds. The quantitative estimate of drug-likeness (QED) is 0.160. The molecular formula is C36H44N4O5. The van der Waals surface area contributed by atoms with E-state index >= 15 is 0 Å². The first-order valence-corrected chi connectivity index (χ1v) is 15.4. The molecule has 3 heterocycles. The van der Waals surface area contributed by atoms with Crippen LogP contribution in [0.3, 0.4) is 0 Å². The highest BCUT2D eigenvalue weighted by atomic mass is 16.6. The lowest BCUT2D eigenvalue weighted by atomic mass is 9.92. The van der Waals surface area contributed by atoms with E-state index in [1.807, 2.05) is 81.6 Å². The van der Waals surface area contributed by atoms with Gasteiger partial charge in [0.2, 0.25) is 0 Å². The number of aryl methyl sites for hydroxylation is 2. The second kappa shape index (κ2) is 12.7. The van der Waals surface area contributed by atoms with Gasteiger partial charge in [-0.05, 0) is 77.6 Å². The highest BCUT2D eigenvalue weighted by Crippen LogP contribution is 2.39. The third kappa shape index (κ3) is 6.74. The van der Waals surface area contributed by atoms with E-state index in [0.717, 1.165) is 46.6 Å². The Balaban J connectivity index is 1.67. The minimum absolute atomic E-state index is 0.230. The Bertz CT molecular complexity index is 1690. The Labute approximate surface area is 265 Å². The molecule has 0 bridgehead atoms. The summed E-state index contributed by atoms with van der Waals surface area (Å²) in [6, 6.07) is 15.4. The molecule has 0 saturated carbocycles. The summed E-state index contributed by atoms with van der Waals surface area (Å²) in [6.07, 6.45) is 2.33. The lowest BCUT2D eigenvalue weighted by molar-refractivity contribution is -0.164. The molecule has 5 rings (SSSR count). The van der Waals surface area contributed by atoms with E-state index in [1.54, 1.807) is 12.1 Å². The van der Waals surface area contributed by atoms with E-state index in [0.29, 0.717) is 36.6 Å². The molecular weight excluding hydrogens is 568 g/mol. The number of nitrogens with zero attached hydrogens (tertiary/aromatic N) is 4. The fourth-order valence-corrected chi connectivity index (χ4v) is 6.01. The predicted molar refractivity (Wildman–Crippen MR) is 177 cm³/mol. The number of aromatic nitrogens is 3. The molecule has 1 atom stereocenters. The summed E-state index contributed by atoms with van der Waals surface area (Å²) in [5.41, 5.74) is 5.29. The largest absolute Gasteiger partial charge is 0.507 e. The van der Waals surface area contributed by atoms with Crippen LogP contribution in [-0.2, 0) is 19.0 Å². The van der Waals surface area contributed by atoms with E-state index in [9.17, 15) is 9.90 Å². The maximum atomic E-state index is 13.3. The van der Waals surface area contributed by atoms with E-state index in [1.165, 1.54) is 7.11 Å². The first-order valence-electron chi connectivity index (χ1n) is 15.4. The molecule has 1 N–H and O–H groups in total. The van der Waals surface area contributed by atoms with Gasteiger partial charge in [-0.15, -0.1) is 6.58 Å². The van der Waals surface area contributed by atoms with Crippen LogP contribution >= 0.6 is 0 Å². The van der Waals surface area contributed by atoms with Crippen molar-refractivity contribution in [3.8, 4) is 28.1 Å². The zero-order valence-corrected chi connectivity index (χ0v) is 27.4. The minimum atomic E-state index is -1.01. The van der Waals surface area contributed by atoms with E-state index < -0.39 is 17.7 Å².